The van der Waals surface area contributed by atoms with Gasteiger partial charge in [0.15, 0.2) is 5.82 Å². The zero-order valence-electron chi connectivity index (χ0n) is 20.7. The van der Waals surface area contributed by atoms with Crippen molar-refractivity contribution >= 4 is 36.0 Å². The number of amides is 1. The highest BCUT2D eigenvalue weighted by atomic mass is 16.6. The number of ether oxygens (including phenoxy) is 2. The lowest BCUT2D eigenvalue weighted by Gasteiger charge is -2.33. The molecule has 0 spiro atoms. The number of anilines is 2. The Morgan fingerprint density at radius 3 is 2.78 bits per heavy atom. The predicted octanol–water partition coefficient (Wildman–Crippen LogP) is 1.31. The van der Waals surface area contributed by atoms with Crippen LogP contribution in [-0.2, 0) is 30.0 Å². The van der Waals surface area contributed by atoms with Gasteiger partial charge in [0.2, 0.25) is 0 Å². The number of hydrogen-bond acceptors (Lipinski definition) is 9. The molecule has 2 saturated heterocycles. The molecule has 0 bridgehead atoms. The van der Waals surface area contributed by atoms with Crippen molar-refractivity contribution in [2.75, 3.05) is 38.9 Å². The molecular formula is C24H30BN5O6. The first-order valence-electron chi connectivity index (χ1n) is 11.8. The average Bonchev–Trinajstić information content (AvgIpc) is 3.28. The third kappa shape index (κ3) is 5.70. The Labute approximate surface area is 210 Å². The van der Waals surface area contributed by atoms with Gasteiger partial charge in [0, 0.05) is 37.1 Å². The van der Waals surface area contributed by atoms with Crippen LogP contribution in [0.5, 0.6) is 0 Å². The molecule has 36 heavy (non-hydrogen) atoms. The van der Waals surface area contributed by atoms with Gasteiger partial charge < -0.3 is 29.8 Å². The molecule has 4 rings (SSSR count). The van der Waals surface area contributed by atoms with Gasteiger partial charge in [0.1, 0.15) is 5.56 Å². The average molecular weight is 495 g/mol. The standard InChI is InChI=1S/C24H30BN5O6/c1-24(2)13-35-25(36-14-24)19-9-17(5-4-15(19)8-21(31)33-3)28-23-18(22(27)32)11-30(29-23)20-12-34-7-6-16(20)10-26/h4-5,9,11,16,20H,6-8,12-14H2,1-3H3,(H2,27,32)(H,28,29)/t16-,20+/m1/s1. The Kier molecular flexibility index (Phi) is 7.63. The number of carbonyl (C=O) groups excluding carboxylic acids is 2. The molecule has 0 radical (unpaired) electrons. The largest absolute Gasteiger partial charge is 0.494 e. The SMILES string of the molecule is COC(=O)Cc1ccc(Nc2nn([C@H]3COCC[C@@H]3C#N)cc2C(N)=O)cc1B1OCC(C)(C)CO1. The normalized spacial score (nSPS) is 21.4. The maximum atomic E-state index is 12.2. The van der Waals surface area contributed by atoms with Crippen molar-refractivity contribution < 1.29 is 28.4 Å². The van der Waals surface area contributed by atoms with Crippen molar-refractivity contribution in [3.63, 3.8) is 0 Å². The maximum Gasteiger partial charge on any atom is 0.494 e. The summed E-state index contributed by atoms with van der Waals surface area (Å²) < 4.78 is 23.9. The van der Waals surface area contributed by atoms with Crippen molar-refractivity contribution in [3.05, 3.63) is 35.5 Å². The molecule has 190 valence electrons. The topological polar surface area (TPSA) is 151 Å². The number of esters is 1. The fourth-order valence-electron chi connectivity index (χ4n) is 4.26. The van der Waals surface area contributed by atoms with Gasteiger partial charge >= 0.3 is 13.1 Å². The van der Waals surface area contributed by atoms with Crippen molar-refractivity contribution in [1.29, 1.82) is 5.26 Å². The highest BCUT2D eigenvalue weighted by Crippen LogP contribution is 2.29. The van der Waals surface area contributed by atoms with Gasteiger partial charge in [-0.2, -0.15) is 10.4 Å². The molecule has 12 heteroatoms. The van der Waals surface area contributed by atoms with Crippen molar-refractivity contribution in [1.82, 2.24) is 9.78 Å². The monoisotopic (exact) mass is 495 g/mol. The van der Waals surface area contributed by atoms with E-state index in [1.165, 1.54) is 13.3 Å². The predicted molar refractivity (Wildman–Crippen MR) is 131 cm³/mol. The molecule has 2 aromatic rings. The van der Waals surface area contributed by atoms with E-state index in [0.29, 0.717) is 49.6 Å². The maximum absolute atomic E-state index is 12.2. The molecule has 2 fully saturated rings. The molecule has 2 aliphatic rings. The van der Waals surface area contributed by atoms with Gasteiger partial charge in [-0.1, -0.05) is 19.9 Å². The summed E-state index contributed by atoms with van der Waals surface area (Å²) in [5.41, 5.74) is 7.66. The highest BCUT2D eigenvalue weighted by molar-refractivity contribution is 6.62. The number of carbonyl (C=O) groups is 2. The van der Waals surface area contributed by atoms with Gasteiger partial charge in [0.25, 0.3) is 5.91 Å². The number of aromatic nitrogens is 2. The van der Waals surface area contributed by atoms with E-state index in [-0.39, 0.29) is 41.1 Å². The number of benzene rings is 1. The summed E-state index contributed by atoms with van der Waals surface area (Å²) in [6.07, 6.45) is 2.17. The quantitative estimate of drug-likeness (QED) is 0.428. The summed E-state index contributed by atoms with van der Waals surface area (Å²) in [6.45, 7) is 5.90. The third-order valence-corrected chi connectivity index (χ3v) is 6.31. The van der Waals surface area contributed by atoms with Gasteiger partial charge in [-0.15, -0.1) is 0 Å². The van der Waals surface area contributed by atoms with Crippen LogP contribution in [0.3, 0.4) is 0 Å². The molecule has 0 saturated carbocycles. The van der Waals surface area contributed by atoms with Crippen molar-refractivity contribution in [2.24, 2.45) is 17.1 Å². The molecule has 3 heterocycles. The summed E-state index contributed by atoms with van der Waals surface area (Å²) in [6, 6.07) is 7.31. The first-order valence-corrected chi connectivity index (χ1v) is 11.8. The lowest BCUT2D eigenvalue weighted by Crippen LogP contribution is -2.48. The lowest BCUT2D eigenvalue weighted by atomic mass is 9.72. The number of nitrogens with one attached hydrogen (secondary N) is 1. The van der Waals surface area contributed by atoms with E-state index < -0.39 is 13.0 Å². The van der Waals surface area contributed by atoms with E-state index in [0.717, 1.165) is 0 Å². The summed E-state index contributed by atoms with van der Waals surface area (Å²) in [7, 11) is 0.674. The van der Waals surface area contributed by atoms with E-state index in [1.807, 2.05) is 13.8 Å². The number of hydrogen-bond donors (Lipinski definition) is 2. The highest BCUT2D eigenvalue weighted by Gasteiger charge is 2.35. The minimum absolute atomic E-state index is 0.0527. The molecule has 1 amide bonds. The molecule has 0 aliphatic carbocycles. The summed E-state index contributed by atoms with van der Waals surface area (Å²) in [5, 5.41) is 17.2. The Morgan fingerprint density at radius 1 is 1.36 bits per heavy atom. The van der Waals surface area contributed by atoms with E-state index in [2.05, 4.69) is 16.5 Å². The molecule has 11 nitrogen and oxygen atoms in total. The Morgan fingerprint density at radius 2 is 2.11 bits per heavy atom. The first-order chi connectivity index (χ1) is 17.2. The lowest BCUT2D eigenvalue weighted by molar-refractivity contribution is -0.139. The first kappa shape index (κ1) is 25.7. The van der Waals surface area contributed by atoms with E-state index in [1.54, 1.807) is 22.9 Å². The fourth-order valence-corrected chi connectivity index (χ4v) is 4.26. The van der Waals surface area contributed by atoms with Gasteiger partial charge in [-0.3, -0.25) is 14.3 Å². The second-order valence-electron chi connectivity index (χ2n) is 9.81. The molecule has 1 aromatic heterocycles. The Hall–Kier alpha value is -3.40. The number of nitriles is 1. The number of rotatable bonds is 7. The van der Waals surface area contributed by atoms with E-state index in [9.17, 15) is 14.9 Å². The van der Waals surface area contributed by atoms with Crippen LogP contribution in [0.15, 0.2) is 24.4 Å². The molecule has 3 N–H and O–H groups in total. The number of nitrogens with two attached hydrogens (primary N) is 1. The van der Waals surface area contributed by atoms with Crippen LogP contribution in [0.1, 0.15) is 42.2 Å². The van der Waals surface area contributed by atoms with Gasteiger partial charge in [-0.25, -0.2) is 0 Å². The van der Waals surface area contributed by atoms with Gasteiger partial charge in [0.05, 0.1) is 38.2 Å². The van der Waals surface area contributed by atoms with Crippen molar-refractivity contribution in [3.8, 4) is 6.07 Å². The zero-order valence-corrected chi connectivity index (χ0v) is 20.7. The summed E-state index contributed by atoms with van der Waals surface area (Å²) >= 11 is 0. The summed E-state index contributed by atoms with van der Waals surface area (Å²) in [5.74, 6) is -1.08. The molecule has 2 aliphatic heterocycles. The number of nitrogens with zero attached hydrogens (tertiary/aromatic N) is 3. The third-order valence-electron chi connectivity index (χ3n) is 6.31. The zero-order chi connectivity index (χ0) is 25.9. The van der Waals surface area contributed by atoms with Crippen LogP contribution in [0.4, 0.5) is 11.5 Å². The van der Waals surface area contributed by atoms with Crippen LogP contribution in [-0.4, -0.2) is 62.3 Å². The van der Waals surface area contributed by atoms with Crippen LogP contribution in [0.2, 0.25) is 0 Å². The van der Waals surface area contributed by atoms with Crippen LogP contribution >= 0.6 is 0 Å². The number of primary amides is 1. The molecule has 2 atom stereocenters. The molecule has 0 unspecified atom stereocenters. The van der Waals surface area contributed by atoms with Crippen LogP contribution in [0.25, 0.3) is 0 Å². The van der Waals surface area contributed by atoms with E-state index >= 15 is 0 Å². The number of methoxy groups -OCH3 is 1. The molecule has 1 aromatic carbocycles. The van der Waals surface area contributed by atoms with Gasteiger partial charge in [-0.05, 0) is 29.6 Å². The molecular weight excluding hydrogens is 465 g/mol. The van der Waals surface area contributed by atoms with Crippen molar-refractivity contribution in [2.45, 2.75) is 32.7 Å². The van der Waals surface area contributed by atoms with Crippen LogP contribution < -0.4 is 16.5 Å². The summed E-state index contributed by atoms with van der Waals surface area (Å²) in [4.78, 5) is 24.2. The second kappa shape index (κ2) is 10.7. The van der Waals surface area contributed by atoms with E-state index in [4.69, 9.17) is 24.5 Å². The Balaban J connectivity index is 1.64. The van der Waals surface area contributed by atoms with Crippen LogP contribution in [0, 0.1) is 22.7 Å². The minimum Gasteiger partial charge on any atom is -0.469 e. The smallest absolute Gasteiger partial charge is 0.469 e. The Bertz CT molecular complexity index is 1170. The second-order valence-corrected chi connectivity index (χ2v) is 9.81. The fraction of sp³-hybridized carbons (Fsp3) is 0.500. The minimum atomic E-state index is -0.664.